The lowest BCUT2D eigenvalue weighted by Crippen LogP contribution is -1.86. The maximum absolute atomic E-state index is 10.5. The number of nitro benzene ring substituents is 1. The molecule has 1 aromatic carbocycles. The lowest BCUT2D eigenvalue weighted by molar-refractivity contribution is -0.384. The number of non-ortho nitro benzene ring substituents is 1. The summed E-state index contributed by atoms with van der Waals surface area (Å²) in [5.41, 5.74) is 1.02. The van der Waals surface area contributed by atoms with Gasteiger partial charge in [-0.3, -0.25) is 10.1 Å². The van der Waals surface area contributed by atoms with Crippen LogP contribution in [0.5, 0.6) is 0 Å². The van der Waals surface area contributed by atoms with E-state index in [1.54, 1.807) is 18.2 Å². The molecule has 19 heavy (non-hydrogen) atoms. The lowest BCUT2D eigenvalue weighted by Gasteiger charge is -1.92. The topological polar surface area (TPSA) is 43.1 Å². The van der Waals surface area contributed by atoms with Gasteiger partial charge in [0.1, 0.15) is 0 Å². The number of benzene rings is 1. The minimum absolute atomic E-state index is 0.102. The second kappa shape index (κ2) is 8.42. The first-order valence-electron chi connectivity index (χ1n) is 5.77. The summed E-state index contributed by atoms with van der Waals surface area (Å²) >= 11 is 0. The normalized spacial score (nSPS) is 12.0. The highest BCUT2D eigenvalue weighted by molar-refractivity contribution is 5.53. The average molecular weight is 253 g/mol. The fourth-order valence-corrected chi connectivity index (χ4v) is 1.27. The Labute approximate surface area is 112 Å². The van der Waals surface area contributed by atoms with Gasteiger partial charge >= 0.3 is 0 Å². The number of allylic oxidation sites excluding steroid dienone is 8. The molecule has 0 saturated heterocycles. The largest absolute Gasteiger partial charge is 0.269 e. The van der Waals surface area contributed by atoms with Crippen LogP contribution in [0.15, 0.2) is 79.5 Å². The molecule has 0 aliphatic heterocycles. The predicted molar refractivity (Wildman–Crippen MR) is 79.7 cm³/mol. The standard InChI is InChI=1S/C16H15NO2/c1-2-3-4-5-6-7-8-9-10-15-11-13-16(14-12-15)17(18)19/h2-14H,1H2. The van der Waals surface area contributed by atoms with E-state index in [2.05, 4.69) is 6.58 Å². The summed E-state index contributed by atoms with van der Waals surface area (Å²) in [4.78, 5) is 10.1. The third-order valence-corrected chi connectivity index (χ3v) is 2.20. The maximum Gasteiger partial charge on any atom is 0.269 e. The van der Waals surface area contributed by atoms with E-state index in [9.17, 15) is 10.1 Å². The molecule has 0 fully saturated rings. The van der Waals surface area contributed by atoms with Gasteiger partial charge in [-0.05, 0) is 17.7 Å². The van der Waals surface area contributed by atoms with Crippen molar-refractivity contribution >= 4 is 11.8 Å². The first kappa shape index (κ1) is 14.4. The SMILES string of the molecule is C=CC=CC=CC=CC=Cc1ccc([N+](=O)[O-])cc1. The van der Waals surface area contributed by atoms with Crippen LogP contribution in [-0.4, -0.2) is 4.92 Å². The van der Waals surface area contributed by atoms with Gasteiger partial charge in [0, 0.05) is 12.1 Å². The van der Waals surface area contributed by atoms with Crippen molar-refractivity contribution in [3.05, 3.63) is 95.1 Å². The van der Waals surface area contributed by atoms with Crippen LogP contribution in [0.3, 0.4) is 0 Å². The quantitative estimate of drug-likeness (QED) is 0.426. The van der Waals surface area contributed by atoms with E-state index in [0.29, 0.717) is 0 Å². The Bertz CT molecular complexity index is 534. The summed E-state index contributed by atoms with van der Waals surface area (Å²) < 4.78 is 0. The zero-order chi connectivity index (χ0) is 13.9. The van der Waals surface area contributed by atoms with Crippen LogP contribution in [0.1, 0.15) is 5.56 Å². The molecule has 0 radical (unpaired) electrons. The van der Waals surface area contributed by atoms with Crippen molar-refractivity contribution in [2.24, 2.45) is 0 Å². The molecule has 0 N–H and O–H groups in total. The smallest absolute Gasteiger partial charge is 0.258 e. The molecule has 0 aliphatic carbocycles. The van der Waals surface area contributed by atoms with Gasteiger partial charge in [0.15, 0.2) is 0 Å². The number of hydrogen-bond donors (Lipinski definition) is 0. The van der Waals surface area contributed by atoms with E-state index in [-0.39, 0.29) is 5.69 Å². The third kappa shape index (κ3) is 5.98. The van der Waals surface area contributed by atoms with Gasteiger partial charge in [0.05, 0.1) is 4.92 Å². The number of hydrogen-bond acceptors (Lipinski definition) is 2. The second-order valence-corrected chi connectivity index (χ2v) is 3.60. The van der Waals surface area contributed by atoms with Crippen molar-refractivity contribution in [2.45, 2.75) is 0 Å². The highest BCUT2D eigenvalue weighted by Gasteiger charge is 2.01. The Hall–Kier alpha value is -2.68. The summed E-state index contributed by atoms with van der Waals surface area (Å²) in [7, 11) is 0. The molecule has 0 aliphatic rings. The molecule has 0 bridgehead atoms. The van der Waals surface area contributed by atoms with Gasteiger partial charge in [-0.2, -0.15) is 0 Å². The minimum Gasteiger partial charge on any atom is -0.258 e. The summed E-state index contributed by atoms with van der Waals surface area (Å²) in [6.45, 7) is 3.57. The van der Waals surface area contributed by atoms with Gasteiger partial charge in [-0.1, -0.05) is 61.3 Å². The summed E-state index contributed by atoms with van der Waals surface area (Å²) in [6.07, 6.45) is 16.8. The highest BCUT2D eigenvalue weighted by atomic mass is 16.6. The van der Waals surface area contributed by atoms with Crippen LogP contribution in [-0.2, 0) is 0 Å². The van der Waals surface area contributed by atoms with E-state index in [1.807, 2.05) is 48.6 Å². The summed E-state index contributed by atoms with van der Waals surface area (Å²) in [5.74, 6) is 0. The zero-order valence-electron chi connectivity index (χ0n) is 10.5. The van der Waals surface area contributed by atoms with Crippen molar-refractivity contribution in [1.82, 2.24) is 0 Å². The van der Waals surface area contributed by atoms with E-state index in [4.69, 9.17) is 0 Å². The molecule has 0 saturated carbocycles. The monoisotopic (exact) mass is 253 g/mol. The van der Waals surface area contributed by atoms with Gasteiger partial charge in [0.25, 0.3) is 5.69 Å². The first-order chi connectivity index (χ1) is 9.24. The predicted octanol–water partition coefficient (Wildman–Crippen LogP) is 4.46. The van der Waals surface area contributed by atoms with Crippen molar-refractivity contribution in [3.63, 3.8) is 0 Å². The van der Waals surface area contributed by atoms with Gasteiger partial charge in [-0.25, -0.2) is 0 Å². The van der Waals surface area contributed by atoms with Crippen LogP contribution in [0, 0.1) is 10.1 Å². The fourth-order valence-electron chi connectivity index (χ4n) is 1.27. The molecule has 3 heteroatoms. The van der Waals surface area contributed by atoms with Crippen LogP contribution in [0.4, 0.5) is 5.69 Å². The molecule has 3 nitrogen and oxygen atoms in total. The molecule has 0 spiro atoms. The van der Waals surface area contributed by atoms with Crippen molar-refractivity contribution in [3.8, 4) is 0 Å². The average Bonchev–Trinajstić information content (AvgIpc) is 2.42. The van der Waals surface area contributed by atoms with E-state index in [0.717, 1.165) is 5.56 Å². The Morgan fingerprint density at radius 1 is 0.895 bits per heavy atom. The summed E-state index contributed by atoms with van der Waals surface area (Å²) in [5, 5.41) is 10.5. The van der Waals surface area contributed by atoms with Crippen molar-refractivity contribution in [2.75, 3.05) is 0 Å². The summed E-state index contributed by atoms with van der Waals surface area (Å²) in [6, 6.07) is 6.41. The van der Waals surface area contributed by atoms with Crippen LogP contribution in [0.25, 0.3) is 6.08 Å². The Morgan fingerprint density at radius 3 is 1.95 bits per heavy atom. The van der Waals surface area contributed by atoms with Gasteiger partial charge in [0.2, 0.25) is 0 Å². The van der Waals surface area contributed by atoms with Crippen LogP contribution < -0.4 is 0 Å². The van der Waals surface area contributed by atoms with E-state index < -0.39 is 4.92 Å². The first-order valence-corrected chi connectivity index (χ1v) is 5.77. The third-order valence-electron chi connectivity index (χ3n) is 2.20. The molecule has 0 unspecified atom stereocenters. The van der Waals surface area contributed by atoms with Crippen molar-refractivity contribution < 1.29 is 4.92 Å². The Morgan fingerprint density at radius 2 is 1.42 bits per heavy atom. The Kier molecular flexibility index (Phi) is 6.37. The Balaban J connectivity index is 2.50. The lowest BCUT2D eigenvalue weighted by atomic mass is 10.2. The van der Waals surface area contributed by atoms with E-state index in [1.165, 1.54) is 12.1 Å². The zero-order valence-corrected chi connectivity index (χ0v) is 10.5. The molecular weight excluding hydrogens is 238 g/mol. The number of rotatable bonds is 6. The molecular formula is C16H15NO2. The molecule has 0 amide bonds. The van der Waals surface area contributed by atoms with Gasteiger partial charge in [-0.15, -0.1) is 0 Å². The molecule has 1 aromatic rings. The maximum atomic E-state index is 10.5. The van der Waals surface area contributed by atoms with Crippen LogP contribution >= 0.6 is 0 Å². The highest BCUT2D eigenvalue weighted by Crippen LogP contribution is 2.12. The molecule has 0 aromatic heterocycles. The molecule has 0 atom stereocenters. The molecule has 1 rings (SSSR count). The van der Waals surface area contributed by atoms with E-state index >= 15 is 0 Å². The number of nitro groups is 1. The minimum atomic E-state index is -0.408. The number of nitrogens with zero attached hydrogens (tertiary/aromatic N) is 1. The second-order valence-electron chi connectivity index (χ2n) is 3.60. The molecule has 0 heterocycles. The molecule has 96 valence electrons. The van der Waals surface area contributed by atoms with Crippen LogP contribution in [0.2, 0.25) is 0 Å². The van der Waals surface area contributed by atoms with Crippen molar-refractivity contribution in [1.29, 1.82) is 0 Å². The van der Waals surface area contributed by atoms with Gasteiger partial charge < -0.3 is 0 Å². The fraction of sp³-hybridized carbons (Fsp3) is 0.